The van der Waals surface area contributed by atoms with Crippen molar-refractivity contribution in [2.24, 2.45) is 5.41 Å². The van der Waals surface area contributed by atoms with Gasteiger partial charge in [-0.25, -0.2) is 4.39 Å². The van der Waals surface area contributed by atoms with E-state index in [1.807, 2.05) is 0 Å². The van der Waals surface area contributed by atoms with E-state index in [0.29, 0.717) is 22.5 Å². The summed E-state index contributed by atoms with van der Waals surface area (Å²) < 4.78 is 13.4. The quantitative estimate of drug-likeness (QED) is 0.759. The molecule has 0 saturated heterocycles. The van der Waals surface area contributed by atoms with Crippen molar-refractivity contribution >= 4 is 33.4 Å². The van der Waals surface area contributed by atoms with Crippen molar-refractivity contribution in [1.82, 2.24) is 5.32 Å². The highest BCUT2D eigenvalue weighted by atomic mass is 79.9. The average Bonchev–Trinajstić information content (AvgIpc) is 2.34. The second kappa shape index (κ2) is 7.25. The topological polar surface area (TPSA) is 29.1 Å². The van der Waals surface area contributed by atoms with Crippen LogP contribution in [0.15, 0.2) is 22.7 Å². The van der Waals surface area contributed by atoms with E-state index in [9.17, 15) is 9.18 Å². The van der Waals surface area contributed by atoms with Gasteiger partial charge in [0.05, 0.1) is 5.56 Å². The zero-order valence-electron chi connectivity index (χ0n) is 11.1. The summed E-state index contributed by atoms with van der Waals surface area (Å²) in [5, 5.41) is 2.87. The second-order valence-electron chi connectivity index (χ2n) is 5.26. The van der Waals surface area contributed by atoms with Gasteiger partial charge in [-0.1, -0.05) is 13.8 Å². The molecule has 0 saturated carbocycles. The van der Waals surface area contributed by atoms with Crippen molar-refractivity contribution in [2.75, 3.05) is 12.4 Å². The van der Waals surface area contributed by atoms with Gasteiger partial charge in [0, 0.05) is 16.9 Å². The molecule has 0 radical (unpaired) electrons. The van der Waals surface area contributed by atoms with Crippen molar-refractivity contribution in [3.05, 3.63) is 34.1 Å². The van der Waals surface area contributed by atoms with Crippen LogP contribution in [0, 0.1) is 11.2 Å². The summed E-state index contributed by atoms with van der Waals surface area (Å²) in [6, 6.07) is 4.03. The molecule has 5 heteroatoms. The Morgan fingerprint density at radius 2 is 2.16 bits per heavy atom. The predicted molar refractivity (Wildman–Crippen MR) is 80.2 cm³/mol. The van der Waals surface area contributed by atoms with Gasteiger partial charge in [-0.15, -0.1) is 11.6 Å². The minimum atomic E-state index is -0.370. The summed E-state index contributed by atoms with van der Waals surface area (Å²) >= 11 is 8.86. The van der Waals surface area contributed by atoms with Crippen LogP contribution in [0.4, 0.5) is 4.39 Å². The van der Waals surface area contributed by atoms with Gasteiger partial charge in [0.25, 0.3) is 5.91 Å². The zero-order valence-corrected chi connectivity index (χ0v) is 13.4. The first-order valence-electron chi connectivity index (χ1n) is 6.15. The Kier molecular flexibility index (Phi) is 6.27. The molecule has 0 atom stereocenters. The first-order valence-corrected chi connectivity index (χ1v) is 7.48. The van der Waals surface area contributed by atoms with E-state index in [1.54, 1.807) is 0 Å². The van der Waals surface area contributed by atoms with Gasteiger partial charge in [-0.3, -0.25) is 4.79 Å². The molecule has 0 spiro atoms. The molecule has 0 bridgehead atoms. The van der Waals surface area contributed by atoms with E-state index in [2.05, 4.69) is 35.1 Å². The molecule has 1 aromatic rings. The van der Waals surface area contributed by atoms with E-state index in [-0.39, 0.29) is 17.1 Å². The summed E-state index contributed by atoms with van der Waals surface area (Å²) in [4.78, 5) is 12.0. The van der Waals surface area contributed by atoms with E-state index >= 15 is 0 Å². The monoisotopic (exact) mass is 349 g/mol. The smallest absolute Gasteiger partial charge is 0.252 e. The minimum Gasteiger partial charge on any atom is -0.351 e. The average molecular weight is 351 g/mol. The number of nitrogens with one attached hydrogen (secondary N) is 1. The lowest BCUT2D eigenvalue weighted by Crippen LogP contribution is -2.34. The van der Waals surface area contributed by atoms with Crippen LogP contribution in [0.1, 0.15) is 37.0 Å². The van der Waals surface area contributed by atoms with Gasteiger partial charge in [-0.05, 0) is 52.4 Å². The number of hydrogen-bond donors (Lipinski definition) is 1. The zero-order chi connectivity index (χ0) is 14.5. The summed E-state index contributed by atoms with van der Waals surface area (Å²) in [5.41, 5.74) is 0.436. The van der Waals surface area contributed by atoms with Gasteiger partial charge in [0.1, 0.15) is 5.82 Å². The van der Waals surface area contributed by atoms with Crippen molar-refractivity contribution in [2.45, 2.75) is 26.7 Å². The maximum atomic E-state index is 13.0. The van der Waals surface area contributed by atoms with Crippen molar-refractivity contribution in [3.8, 4) is 0 Å². The van der Waals surface area contributed by atoms with Crippen molar-refractivity contribution < 1.29 is 9.18 Å². The Bertz CT molecular complexity index is 451. The number of rotatable bonds is 6. The van der Waals surface area contributed by atoms with Crippen LogP contribution in [-0.4, -0.2) is 18.3 Å². The highest BCUT2D eigenvalue weighted by molar-refractivity contribution is 9.10. The lowest BCUT2D eigenvalue weighted by atomic mass is 9.88. The largest absolute Gasteiger partial charge is 0.351 e. The van der Waals surface area contributed by atoms with Gasteiger partial charge in [-0.2, -0.15) is 0 Å². The number of benzene rings is 1. The molecule has 0 heterocycles. The molecule has 1 aromatic carbocycles. The molecular formula is C14H18BrClFNO. The van der Waals surface area contributed by atoms with Gasteiger partial charge >= 0.3 is 0 Å². The molecule has 0 fully saturated rings. The number of amides is 1. The fourth-order valence-electron chi connectivity index (χ4n) is 1.72. The summed E-state index contributed by atoms with van der Waals surface area (Å²) in [6.45, 7) is 4.73. The maximum absolute atomic E-state index is 13.0. The molecule has 19 heavy (non-hydrogen) atoms. The molecular weight excluding hydrogens is 333 g/mol. The van der Waals surface area contributed by atoms with Crippen LogP contribution >= 0.6 is 27.5 Å². The summed E-state index contributed by atoms with van der Waals surface area (Å²) in [5.74, 6) is 0.0534. The second-order valence-corrected chi connectivity index (χ2v) is 6.50. The maximum Gasteiger partial charge on any atom is 0.252 e. The SMILES string of the molecule is CC(C)(CCCCl)CNC(=O)c1ccc(F)cc1Br. The van der Waals surface area contributed by atoms with Gasteiger partial charge < -0.3 is 5.32 Å². The third-order valence-electron chi connectivity index (χ3n) is 2.89. The summed E-state index contributed by atoms with van der Waals surface area (Å²) in [6.07, 6.45) is 1.87. The highest BCUT2D eigenvalue weighted by Crippen LogP contribution is 2.22. The number of carbonyl (C=O) groups excluding carboxylic acids is 1. The Hall–Kier alpha value is -0.610. The molecule has 0 aliphatic rings. The molecule has 106 valence electrons. The summed E-state index contributed by atoms with van der Waals surface area (Å²) in [7, 11) is 0. The van der Waals surface area contributed by atoms with E-state index < -0.39 is 0 Å². The molecule has 0 aliphatic carbocycles. The fraction of sp³-hybridized carbons (Fsp3) is 0.500. The van der Waals surface area contributed by atoms with Crippen molar-refractivity contribution in [3.63, 3.8) is 0 Å². The van der Waals surface area contributed by atoms with E-state index in [1.165, 1.54) is 18.2 Å². The number of carbonyl (C=O) groups is 1. The molecule has 0 aliphatic heterocycles. The number of hydrogen-bond acceptors (Lipinski definition) is 1. The molecule has 2 nitrogen and oxygen atoms in total. The molecule has 1 rings (SSSR count). The predicted octanol–water partition coefficient (Wildman–Crippen LogP) is 4.36. The lowest BCUT2D eigenvalue weighted by Gasteiger charge is -2.24. The minimum absolute atomic E-state index is 0.00292. The van der Waals surface area contributed by atoms with Crippen LogP contribution in [0.5, 0.6) is 0 Å². The van der Waals surface area contributed by atoms with Gasteiger partial charge in [0.2, 0.25) is 0 Å². The van der Waals surface area contributed by atoms with Crippen molar-refractivity contribution in [1.29, 1.82) is 0 Å². The van der Waals surface area contributed by atoms with Crippen LogP contribution in [0.25, 0.3) is 0 Å². The fourth-order valence-corrected chi connectivity index (χ4v) is 2.39. The molecule has 0 unspecified atom stereocenters. The molecule has 1 N–H and O–H groups in total. The van der Waals surface area contributed by atoms with Gasteiger partial charge in [0.15, 0.2) is 0 Å². The van der Waals surface area contributed by atoms with Crippen LogP contribution in [-0.2, 0) is 0 Å². The molecule has 0 aromatic heterocycles. The van der Waals surface area contributed by atoms with E-state index in [4.69, 9.17) is 11.6 Å². The third-order valence-corrected chi connectivity index (χ3v) is 3.81. The standard InChI is InChI=1S/C14H18BrClFNO/c1-14(2,6-3-7-16)9-18-13(19)11-5-4-10(17)8-12(11)15/h4-5,8H,3,6-7,9H2,1-2H3,(H,18,19). The van der Waals surface area contributed by atoms with Crippen LogP contribution in [0.3, 0.4) is 0 Å². The third kappa shape index (κ3) is 5.49. The first-order chi connectivity index (χ1) is 8.85. The first kappa shape index (κ1) is 16.4. The Morgan fingerprint density at radius 3 is 2.74 bits per heavy atom. The van der Waals surface area contributed by atoms with Crippen LogP contribution in [0.2, 0.25) is 0 Å². The highest BCUT2D eigenvalue weighted by Gasteiger charge is 2.19. The van der Waals surface area contributed by atoms with E-state index in [0.717, 1.165) is 12.8 Å². The normalized spacial score (nSPS) is 11.4. The molecule has 1 amide bonds. The number of alkyl halides is 1. The number of halogens is 3. The lowest BCUT2D eigenvalue weighted by molar-refractivity contribution is 0.0933. The van der Waals surface area contributed by atoms with Crippen LogP contribution < -0.4 is 5.32 Å². The Labute approximate surface area is 126 Å². The Balaban J connectivity index is 2.60. The Morgan fingerprint density at radius 1 is 1.47 bits per heavy atom.